The first-order valence-corrected chi connectivity index (χ1v) is 4.51. The minimum absolute atomic E-state index is 0.0178. The normalized spacial score (nSPS) is 26.8. The van der Waals surface area contributed by atoms with Crippen molar-refractivity contribution in [1.82, 2.24) is 0 Å². The molecule has 2 aliphatic rings. The quantitative estimate of drug-likeness (QED) is 0.384. The molecule has 0 aromatic carbocycles. The zero-order valence-corrected chi connectivity index (χ0v) is 8.47. The van der Waals surface area contributed by atoms with Crippen molar-refractivity contribution in [3.63, 3.8) is 0 Å². The maximum atomic E-state index is 11.5. The van der Waals surface area contributed by atoms with Gasteiger partial charge < -0.3 is 14.2 Å². The minimum Gasteiger partial charge on any atom is -0.463 e. The summed E-state index contributed by atoms with van der Waals surface area (Å²) in [5.41, 5.74) is -1.90. The van der Waals surface area contributed by atoms with Gasteiger partial charge in [0.25, 0.3) is 0 Å². The summed E-state index contributed by atoms with van der Waals surface area (Å²) in [6, 6.07) is 0. The average molecular weight is 227 g/mol. The summed E-state index contributed by atoms with van der Waals surface area (Å²) in [7, 11) is 1.11. The zero-order valence-electron chi connectivity index (χ0n) is 8.47. The molecule has 0 saturated heterocycles. The Labute approximate surface area is 90.4 Å². The summed E-state index contributed by atoms with van der Waals surface area (Å²) in [5, 5.41) is 11.0. The highest BCUT2D eigenvalue weighted by molar-refractivity contribution is 5.82. The number of carbonyl (C=O) groups excluding carboxylic acids is 1. The van der Waals surface area contributed by atoms with Gasteiger partial charge >= 0.3 is 11.5 Å². The Kier molecular flexibility index (Phi) is 2.30. The molecule has 7 nitrogen and oxygen atoms in total. The van der Waals surface area contributed by atoms with Crippen molar-refractivity contribution in [2.75, 3.05) is 13.9 Å². The second-order valence-electron chi connectivity index (χ2n) is 3.38. The van der Waals surface area contributed by atoms with Crippen LogP contribution in [0.1, 0.15) is 6.42 Å². The second-order valence-corrected chi connectivity index (χ2v) is 3.38. The maximum Gasteiger partial charge on any atom is 0.389 e. The van der Waals surface area contributed by atoms with Gasteiger partial charge in [0.05, 0.1) is 13.5 Å². The minimum atomic E-state index is -1.90. The fourth-order valence-electron chi connectivity index (χ4n) is 1.63. The van der Waals surface area contributed by atoms with Crippen LogP contribution in [0.2, 0.25) is 0 Å². The summed E-state index contributed by atoms with van der Waals surface area (Å²) in [5.74, 6) is -0.179. The van der Waals surface area contributed by atoms with Crippen LogP contribution < -0.4 is 0 Å². The van der Waals surface area contributed by atoms with Crippen molar-refractivity contribution < 1.29 is 23.9 Å². The number of methoxy groups -OCH3 is 1. The molecule has 0 spiro atoms. The molecule has 0 bridgehead atoms. The van der Waals surface area contributed by atoms with Gasteiger partial charge in [0.2, 0.25) is 6.79 Å². The lowest BCUT2D eigenvalue weighted by Gasteiger charge is -2.21. The third-order valence-corrected chi connectivity index (χ3v) is 2.53. The summed E-state index contributed by atoms with van der Waals surface area (Å²) in [4.78, 5) is 21.8. The molecule has 0 fully saturated rings. The Hall–Kier alpha value is -2.05. The van der Waals surface area contributed by atoms with E-state index in [0.29, 0.717) is 11.5 Å². The van der Waals surface area contributed by atoms with Gasteiger partial charge in [-0.1, -0.05) is 0 Å². The first kappa shape index (κ1) is 10.5. The van der Waals surface area contributed by atoms with Crippen LogP contribution in [0, 0.1) is 10.1 Å². The van der Waals surface area contributed by atoms with Crippen LogP contribution >= 0.6 is 0 Å². The van der Waals surface area contributed by atoms with Gasteiger partial charge in [0, 0.05) is 11.0 Å². The number of esters is 1. The predicted molar refractivity (Wildman–Crippen MR) is 49.6 cm³/mol. The molecule has 0 aromatic heterocycles. The summed E-state index contributed by atoms with van der Waals surface area (Å²) in [6.07, 6.45) is 2.36. The molecular formula is C9H9NO6. The molecule has 7 heteroatoms. The number of allylic oxidation sites excluding steroid dienone is 1. The Balaban J connectivity index is 2.35. The molecule has 1 aliphatic heterocycles. The van der Waals surface area contributed by atoms with Crippen molar-refractivity contribution in [2.45, 2.75) is 12.0 Å². The van der Waals surface area contributed by atoms with E-state index in [2.05, 4.69) is 4.74 Å². The smallest absolute Gasteiger partial charge is 0.389 e. The number of nitrogens with zero attached hydrogens (tertiary/aromatic N) is 1. The molecule has 86 valence electrons. The number of ether oxygens (including phenoxy) is 3. The number of hydrogen-bond acceptors (Lipinski definition) is 6. The van der Waals surface area contributed by atoms with Crippen molar-refractivity contribution in [2.24, 2.45) is 0 Å². The molecule has 1 heterocycles. The summed E-state index contributed by atoms with van der Waals surface area (Å²) < 4.78 is 14.5. The van der Waals surface area contributed by atoms with Crippen LogP contribution in [0.15, 0.2) is 23.7 Å². The Morgan fingerprint density at radius 2 is 2.38 bits per heavy atom. The van der Waals surface area contributed by atoms with E-state index >= 15 is 0 Å². The van der Waals surface area contributed by atoms with E-state index in [-0.39, 0.29) is 13.2 Å². The van der Waals surface area contributed by atoms with E-state index in [1.54, 1.807) is 0 Å². The predicted octanol–water partition coefficient (Wildman–Crippen LogP) is 0.351. The molecule has 0 N–H and O–H groups in total. The molecular weight excluding hydrogens is 218 g/mol. The SMILES string of the molecule is COC(=O)C1([N+](=O)[O-])C=CC2=C(C1)OCO2. The first-order chi connectivity index (χ1) is 7.60. The molecule has 0 radical (unpaired) electrons. The molecule has 1 unspecified atom stereocenters. The summed E-state index contributed by atoms with van der Waals surface area (Å²) in [6.45, 7) is 0.0178. The molecule has 1 atom stereocenters. The topological polar surface area (TPSA) is 87.9 Å². The third kappa shape index (κ3) is 1.32. The van der Waals surface area contributed by atoms with Gasteiger partial charge in [-0.3, -0.25) is 10.1 Å². The highest BCUT2D eigenvalue weighted by Gasteiger charge is 2.54. The number of carbonyl (C=O) groups is 1. The summed E-state index contributed by atoms with van der Waals surface area (Å²) >= 11 is 0. The van der Waals surface area contributed by atoms with Crippen LogP contribution in [-0.2, 0) is 19.0 Å². The Morgan fingerprint density at radius 3 is 3.00 bits per heavy atom. The molecule has 0 saturated carbocycles. The van der Waals surface area contributed by atoms with Gasteiger partial charge in [0.1, 0.15) is 0 Å². The van der Waals surface area contributed by atoms with Crippen LogP contribution in [0.25, 0.3) is 0 Å². The lowest BCUT2D eigenvalue weighted by atomic mass is 9.90. The highest BCUT2D eigenvalue weighted by Crippen LogP contribution is 2.34. The molecule has 16 heavy (non-hydrogen) atoms. The van der Waals surface area contributed by atoms with Gasteiger partial charge in [-0.05, 0) is 6.08 Å². The molecule has 0 aromatic rings. The van der Waals surface area contributed by atoms with Crippen LogP contribution in [-0.4, -0.2) is 30.3 Å². The fourth-order valence-corrected chi connectivity index (χ4v) is 1.63. The van der Waals surface area contributed by atoms with Gasteiger partial charge in [-0.15, -0.1) is 0 Å². The molecule has 2 rings (SSSR count). The lowest BCUT2D eigenvalue weighted by molar-refractivity contribution is -0.541. The Morgan fingerprint density at radius 1 is 1.62 bits per heavy atom. The standard InChI is InChI=1S/C9H9NO6/c1-14-8(11)9(10(12)13)3-2-6-7(4-9)16-5-15-6/h2-3H,4-5H2,1H3. The zero-order chi connectivity index (χ0) is 11.8. The van der Waals surface area contributed by atoms with Crippen LogP contribution in [0.4, 0.5) is 0 Å². The van der Waals surface area contributed by atoms with Gasteiger partial charge in [0.15, 0.2) is 11.5 Å². The van der Waals surface area contributed by atoms with Crippen molar-refractivity contribution >= 4 is 5.97 Å². The molecule has 1 aliphatic carbocycles. The first-order valence-electron chi connectivity index (χ1n) is 4.51. The van der Waals surface area contributed by atoms with Crippen molar-refractivity contribution in [1.29, 1.82) is 0 Å². The maximum absolute atomic E-state index is 11.5. The lowest BCUT2D eigenvalue weighted by Crippen LogP contribution is -2.46. The van der Waals surface area contributed by atoms with Crippen LogP contribution in [0.3, 0.4) is 0 Å². The van der Waals surface area contributed by atoms with E-state index < -0.39 is 16.4 Å². The average Bonchev–Trinajstić information content (AvgIpc) is 2.73. The monoisotopic (exact) mass is 227 g/mol. The number of rotatable bonds is 2. The fraction of sp³-hybridized carbons (Fsp3) is 0.444. The largest absolute Gasteiger partial charge is 0.463 e. The highest BCUT2D eigenvalue weighted by atomic mass is 16.7. The van der Waals surface area contributed by atoms with Crippen molar-refractivity contribution in [3.8, 4) is 0 Å². The van der Waals surface area contributed by atoms with E-state index in [1.807, 2.05) is 0 Å². The van der Waals surface area contributed by atoms with E-state index in [0.717, 1.165) is 7.11 Å². The molecule has 0 amide bonds. The van der Waals surface area contributed by atoms with Crippen LogP contribution in [0.5, 0.6) is 0 Å². The Bertz CT molecular complexity index is 412. The van der Waals surface area contributed by atoms with Crippen molar-refractivity contribution in [3.05, 3.63) is 33.8 Å². The van der Waals surface area contributed by atoms with E-state index in [4.69, 9.17) is 9.47 Å². The number of hydrogen-bond donors (Lipinski definition) is 0. The number of nitro groups is 1. The van der Waals surface area contributed by atoms with E-state index in [9.17, 15) is 14.9 Å². The van der Waals surface area contributed by atoms with Gasteiger partial charge in [-0.2, -0.15) is 0 Å². The third-order valence-electron chi connectivity index (χ3n) is 2.53. The van der Waals surface area contributed by atoms with Gasteiger partial charge in [-0.25, -0.2) is 4.79 Å². The van der Waals surface area contributed by atoms with E-state index in [1.165, 1.54) is 12.2 Å². The second kappa shape index (κ2) is 3.51.